The molecule has 5 aromatic rings. The molecular weight excluding hydrogens is 520 g/mol. The van der Waals surface area contributed by atoms with Gasteiger partial charge in [-0.3, -0.25) is 29.4 Å². The molecule has 0 radical (unpaired) electrons. The van der Waals surface area contributed by atoms with E-state index in [1.54, 1.807) is 48.5 Å². The first kappa shape index (κ1) is 27.2. The number of aryl methyl sites for hydroxylation is 2. The van der Waals surface area contributed by atoms with E-state index in [1.165, 1.54) is 23.2 Å². The normalized spacial score (nSPS) is 11.0. The van der Waals surface area contributed by atoms with Crippen LogP contribution >= 0.6 is 0 Å². The summed E-state index contributed by atoms with van der Waals surface area (Å²) < 4.78 is 2.89. The lowest BCUT2D eigenvalue weighted by Crippen LogP contribution is -2.25. The second-order valence-electron chi connectivity index (χ2n) is 9.88. The lowest BCUT2D eigenvalue weighted by atomic mass is 9.85. The number of aromatic amines is 2. The van der Waals surface area contributed by atoms with Gasteiger partial charge in [-0.25, -0.2) is 9.36 Å². The van der Waals surface area contributed by atoms with Gasteiger partial charge < -0.3 is 10.6 Å². The van der Waals surface area contributed by atoms with Crippen LogP contribution in [0.2, 0.25) is 0 Å². The number of carbonyl (C=O) groups is 2. The highest BCUT2D eigenvalue weighted by Crippen LogP contribution is 2.32. The number of hydrogen-bond acceptors (Lipinski definition) is 4. The summed E-state index contributed by atoms with van der Waals surface area (Å²) >= 11 is 0. The molecule has 0 saturated carbocycles. The Labute approximate surface area is 235 Å². The number of amides is 2. The van der Waals surface area contributed by atoms with E-state index in [0.29, 0.717) is 45.3 Å². The number of aromatic nitrogens is 4. The molecule has 0 fully saturated rings. The molecule has 0 spiro atoms. The number of nitrogens with one attached hydrogen (secondary N) is 4. The maximum Gasteiger partial charge on any atom is 0.275 e. The molecule has 0 aliphatic carbocycles. The van der Waals surface area contributed by atoms with Crippen LogP contribution in [0.5, 0.6) is 0 Å². The molecule has 2 amide bonds. The Morgan fingerprint density at radius 3 is 1.39 bits per heavy atom. The molecule has 0 unspecified atom stereocenters. The van der Waals surface area contributed by atoms with Gasteiger partial charge in [-0.05, 0) is 67.9 Å². The fourth-order valence-corrected chi connectivity index (χ4v) is 5.08. The van der Waals surface area contributed by atoms with Crippen LogP contribution in [0, 0.1) is 13.8 Å². The van der Waals surface area contributed by atoms with Crippen LogP contribution in [-0.4, -0.2) is 31.4 Å². The highest BCUT2D eigenvalue weighted by molar-refractivity contribution is 5.89. The zero-order valence-corrected chi connectivity index (χ0v) is 23.1. The average Bonchev–Trinajstić information content (AvgIpc) is 3.40. The van der Waals surface area contributed by atoms with Gasteiger partial charge in [0.05, 0.1) is 22.5 Å². The Morgan fingerprint density at radius 2 is 1.02 bits per heavy atom. The van der Waals surface area contributed by atoms with Gasteiger partial charge in [0.25, 0.3) is 11.1 Å². The fraction of sp³-hybridized carbons (Fsp3) is 0.161. The molecule has 10 nitrogen and oxygen atoms in total. The Hall–Kier alpha value is -5.38. The first-order chi connectivity index (χ1) is 19.6. The van der Waals surface area contributed by atoms with Gasteiger partial charge in [-0.2, -0.15) is 0 Å². The lowest BCUT2D eigenvalue weighted by Gasteiger charge is -2.15. The van der Waals surface area contributed by atoms with Crippen molar-refractivity contribution in [1.82, 2.24) is 19.6 Å². The minimum atomic E-state index is -0.650. The summed E-state index contributed by atoms with van der Waals surface area (Å²) in [5.74, 6) is -1.02. The number of nitrogens with zero attached hydrogens (tertiary/aromatic N) is 2. The molecule has 5 rings (SSSR count). The van der Waals surface area contributed by atoms with Crippen LogP contribution in [0.1, 0.15) is 47.8 Å². The zero-order chi connectivity index (χ0) is 29.3. The van der Waals surface area contributed by atoms with Crippen molar-refractivity contribution in [2.45, 2.75) is 33.6 Å². The summed E-state index contributed by atoms with van der Waals surface area (Å²) in [6, 6.07) is 23.3. The third kappa shape index (κ3) is 5.40. The number of anilines is 2. The van der Waals surface area contributed by atoms with Gasteiger partial charge in [-0.15, -0.1) is 0 Å². The van der Waals surface area contributed by atoms with E-state index >= 15 is 0 Å². The quantitative estimate of drug-likeness (QED) is 0.240. The summed E-state index contributed by atoms with van der Waals surface area (Å²) in [5.41, 5.74) is 4.81. The molecule has 10 heteroatoms. The fourth-order valence-electron chi connectivity index (χ4n) is 5.08. The SMILES string of the molecule is CC(=O)Nc1ccc(-n2[nH]c(C)c(C(c3ccccc3)c3c(C)[nH]n(-c4ccc(NC(C)=O)cc4)c3=O)c2=O)cc1. The lowest BCUT2D eigenvalue weighted by molar-refractivity contribution is -0.115. The first-order valence-corrected chi connectivity index (χ1v) is 13.1. The first-order valence-electron chi connectivity index (χ1n) is 13.1. The minimum absolute atomic E-state index is 0.185. The highest BCUT2D eigenvalue weighted by Gasteiger charge is 2.30. The maximum atomic E-state index is 14.0. The molecule has 0 bridgehead atoms. The molecular formula is C31H30N6O4. The van der Waals surface area contributed by atoms with Crippen LogP contribution in [-0.2, 0) is 9.59 Å². The molecule has 0 atom stereocenters. The molecule has 0 aliphatic heterocycles. The molecule has 41 heavy (non-hydrogen) atoms. The van der Waals surface area contributed by atoms with E-state index < -0.39 is 5.92 Å². The number of H-pyrrole nitrogens is 2. The van der Waals surface area contributed by atoms with E-state index in [0.717, 1.165) is 5.56 Å². The Morgan fingerprint density at radius 1 is 0.634 bits per heavy atom. The van der Waals surface area contributed by atoms with Crippen molar-refractivity contribution < 1.29 is 9.59 Å². The molecule has 208 valence electrons. The van der Waals surface area contributed by atoms with E-state index in [-0.39, 0.29) is 22.9 Å². The zero-order valence-electron chi connectivity index (χ0n) is 23.1. The predicted octanol–water partition coefficient (Wildman–Crippen LogP) is 4.36. The maximum absolute atomic E-state index is 14.0. The smallest absolute Gasteiger partial charge is 0.275 e. The standard InChI is InChI=1S/C31H30N6O4/c1-18-27(30(40)36(34-18)25-14-10-23(11-15-25)32-20(3)38)29(22-8-6-5-7-9-22)28-19(2)35-37(31(28)41)26-16-12-24(13-17-26)33-21(4)39/h5-17,29,34-35H,1-4H3,(H,32,38)(H,33,39). The molecule has 2 aromatic heterocycles. The van der Waals surface area contributed by atoms with E-state index in [9.17, 15) is 19.2 Å². The molecule has 2 heterocycles. The summed E-state index contributed by atoms with van der Waals surface area (Å²) in [6.07, 6.45) is 0. The Bertz CT molecular complexity index is 1720. The van der Waals surface area contributed by atoms with Gasteiger partial charge in [0.15, 0.2) is 0 Å². The van der Waals surface area contributed by atoms with E-state index in [2.05, 4.69) is 20.8 Å². The van der Waals surface area contributed by atoms with Gasteiger partial charge >= 0.3 is 0 Å². The molecule has 0 aliphatic rings. The van der Waals surface area contributed by atoms with Crippen molar-refractivity contribution >= 4 is 23.2 Å². The molecule has 3 aromatic carbocycles. The van der Waals surface area contributed by atoms with Crippen molar-refractivity contribution in [1.29, 1.82) is 0 Å². The van der Waals surface area contributed by atoms with Gasteiger partial charge in [0, 0.05) is 42.5 Å². The highest BCUT2D eigenvalue weighted by atomic mass is 16.2. The van der Waals surface area contributed by atoms with Crippen molar-refractivity contribution in [3.8, 4) is 11.4 Å². The second kappa shape index (κ2) is 11.0. The third-order valence-electron chi connectivity index (χ3n) is 6.84. The topological polar surface area (TPSA) is 134 Å². The van der Waals surface area contributed by atoms with Crippen molar-refractivity contribution in [2.24, 2.45) is 0 Å². The number of rotatable bonds is 7. The van der Waals surface area contributed by atoms with Crippen molar-refractivity contribution in [3.63, 3.8) is 0 Å². The van der Waals surface area contributed by atoms with Crippen LogP contribution < -0.4 is 21.8 Å². The van der Waals surface area contributed by atoms with Gasteiger partial charge in [0.2, 0.25) is 11.8 Å². The van der Waals surface area contributed by atoms with Crippen LogP contribution in [0.25, 0.3) is 11.4 Å². The van der Waals surface area contributed by atoms with E-state index in [4.69, 9.17) is 0 Å². The predicted molar refractivity (Wildman–Crippen MR) is 158 cm³/mol. The van der Waals surface area contributed by atoms with Gasteiger partial charge in [0.1, 0.15) is 0 Å². The van der Waals surface area contributed by atoms with E-state index in [1.807, 2.05) is 44.2 Å². The average molecular weight is 551 g/mol. The Kier molecular flexibility index (Phi) is 7.30. The van der Waals surface area contributed by atoms with Crippen LogP contribution in [0.15, 0.2) is 88.5 Å². The summed E-state index contributed by atoms with van der Waals surface area (Å²) in [7, 11) is 0. The van der Waals surface area contributed by atoms with Crippen molar-refractivity contribution in [3.05, 3.63) is 128 Å². The summed E-state index contributed by atoms with van der Waals surface area (Å²) in [5, 5.41) is 11.8. The monoisotopic (exact) mass is 550 g/mol. The number of benzene rings is 3. The molecule has 0 saturated heterocycles. The van der Waals surface area contributed by atoms with Crippen molar-refractivity contribution in [2.75, 3.05) is 10.6 Å². The van der Waals surface area contributed by atoms with Crippen LogP contribution in [0.3, 0.4) is 0 Å². The molecule has 4 N–H and O–H groups in total. The summed E-state index contributed by atoms with van der Waals surface area (Å²) in [4.78, 5) is 50.7. The number of carbonyl (C=O) groups excluding carboxylic acids is 2. The Balaban J connectivity index is 1.63. The summed E-state index contributed by atoms with van der Waals surface area (Å²) in [6.45, 7) is 6.49. The second-order valence-corrected chi connectivity index (χ2v) is 9.88. The number of hydrogen-bond donors (Lipinski definition) is 4. The van der Waals surface area contributed by atoms with Gasteiger partial charge in [-0.1, -0.05) is 30.3 Å². The third-order valence-corrected chi connectivity index (χ3v) is 6.84. The minimum Gasteiger partial charge on any atom is -0.326 e. The largest absolute Gasteiger partial charge is 0.326 e. The van der Waals surface area contributed by atoms with Crippen LogP contribution in [0.4, 0.5) is 11.4 Å².